The molecule has 0 saturated carbocycles. The number of fused-ring (bicyclic) bond motifs is 2. The lowest BCUT2D eigenvalue weighted by Gasteiger charge is -2.37. The zero-order valence-electron chi connectivity index (χ0n) is 16.9. The molecule has 1 amide bonds. The third-order valence-electron chi connectivity index (χ3n) is 6.26. The summed E-state index contributed by atoms with van der Waals surface area (Å²) in [7, 11) is 0. The summed E-state index contributed by atoms with van der Waals surface area (Å²) in [4.78, 5) is 27.7. The first-order valence-corrected chi connectivity index (χ1v) is 10.2. The van der Waals surface area contributed by atoms with Gasteiger partial charge in [0, 0.05) is 23.6 Å². The number of halogens is 1. The van der Waals surface area contributed by atoms with Gasteiger partial charge in [-0.25, -0.2) is 9.18 Å². The van der Waals surface area contributed by atoms with E-state index >= 15 is 0 Å². The number of carbonyl (C=O) groups is 2. The summed E-state index contributed by atoms with van der Waals surface area (Å²) < 4.78 is 19.2. The molecule has 2 aromatic rings. The van der Waals surface area contributed by atoms with Crippen molar-refractivity contribution in [2.24, 2.45) is 5.92 Å². The number of Topliss-reactive ketones (excluding diaryl/α,β-unsaturated/α-hetero) is 1. The monoisotopic (exact) mass is 395 g/mol. The summed E-state index contributed by atoms with van der Waals surface area (Å²) in [5.74, 6) is -0.365. The van der Waals surface area contributed by atoms with Crippen LogP contribution >= 0.6 is 0 Å². The Balaban J connectivity index is 1.44. The van der Waals surface area contributed by atoms with Gasteiger partial charge < -0.3 is 9.64 Å². The highest BCUT2D eigenvalue weighted by Crippen LogP contribution is 2.41. The molecule has 2 unspecified atom stereocenters. The third kappa shape index (κ3) is 3.91. The Bertz CT molecular complexity index is 890. The van der Waals surface area contributed by atoms with Crippen LogP contribution in [0.5, 0.6) is 0 Å². The van der Waals surface area contributed by atoms with E-state index in [2.05, 4.69) is 0 Å². The molecule has 2 saturated heterocycles. The molecule has 2 aliphatic rings. The van der Waals surface area contributed by atoms with Gasteiger partial charge in [0.25, 0.3) is 0 Å². The van der Waals surface area contributed by atoms with Crippen molar-refractivity contribution < 1.29 is 18.7 Å². The van der Waals surface area contributed by atoms with Crippen molar-refractivity contribution in [1.29, 1.82) is 0 Å². The fourth-order valence-corrected chi connectivity index (χ4v) is 4.99. The topological polar surface area (TPSA) is 46.6 Å². The Morgan fingerprint density at radius 2 is 1.62 bits per heavy atom. The van der Waals surface area contributed by atoms with Gasteiger partial charge in [0.1, 0.15) is 12.4 Å². The minimum absolute atomic E-state index is 0.0343. The second kappa shape index (κ2) is 7.97. The van der Waals surface area contributed by atoms with Crippen molar-refractivity contribution in [3.8, 4) is 0 Å². The van der Waals surface area contributed by atoms with Gasteiger partial charge in [0.2, 0.25) is 0 Å². The van der Waals surface area contributed by atoms with Crippen LogP contribution in [-0.2, 0) is 11.3 Å². The van der Waals surface area contributed by atoms with Crippen molar-refractivity contribution in [3.05, 3.63) is 70.5 Å². The fraction of sp³-hybridized carbons (Fsp3) is 0.417. The lowest BCUT2D eigenvalue weighted by atomic mass is 9.82. The van der Waals surface area contributed by atoms with Crippen molar-refractivity contribution in [2.75, 3.05) is 0 Å². The summed E-state index contributed by atoms with van der Waals surface area (Å²) in [6.07, 6.45) is 2.80. The van der Waals surface area contributed by atoms with Crippen LogP contribution < -0.4 is 0 Å². The highest BCUT2D eigenvalue weighted by atomic mass is 19.1. The Morgan fingerprint density at radius 1 is 1.03 bits per heavy atom. The van der Waals surface area contributed by atoms with E-state index in [0.29, 0.717) is 29.5 Å². The number of ketones is 1. The number of hydrogen-bond acceptors (Lipinski definition) is 3. The fourth-order valence-electron chi connectivity index (χ4n) is 4.99. The van der Waals surface area contributed by atoms with Gasteiger partial charge in [0.05, 0.1) is 0 Å². The molecule has 0 N–H and O–H groups in total. The third-order valence-corrected chi connectivity index (χ3v) is 6.26. The summed E-state index contributed by atoms with van der Waals surface area (Å²) in [6.45, 7) is 3.83. The predicted molar refractivity (Wildman–Crippen MR) is 108 cm³/mol. The number of aryl methyl sites for hydroxylation is 2. The van der Waals surface area contributed by atoms with E-state index in [0.717, 1.165) is 18.4 Å². The molecule has 0 spiro atoms. The van der Waals surface area contributed by atoms with Gasteiger partial charge in [-0.05, 0) is 68.4 Å². The molecule has 5 heteroatoms. The molecule has 2 heterocycles. The SMILES string of the molecule is Cc1cc(F)cc(C)c1C(=O)C1CC2CCC(C1)N2C(=O)OCc1ccccc1. The lowest BCUT2D eigenvalue weighted by molar-refractivity contribution is 0.0484. The van der Waals surface area contributed by atoms with Crippen LogP contribution in [0.25, 0.3) is 0 Å². The smallest absolute Gasteiger partial charge is 0.410 e. The molecule has 2 fully saturated rings. The van der Waals surface area contributed by atoms with Gasteiger partial charge in [-0.3, -0.25) is 4.79 Å². The molecular formula is C24H26FNO3. The lowest BCUT2D eigenvalue weighted by Crippen LogP contribution is -2.48. The molecule has 2 aromatic carbocycles. The molecule has 0 aliphatic carbocycles. The van der Waals surface area contributed by atoms with Gasteiger partial charge in [-0.1, -0.05) is 30.3 Å². The Kier molecular flexibility index (Phi) is 5.39. The zero-order chi connectivity index (χ0) is 20.5. The van der Waals surface area contributed by atoms with Crippen molar-refractivity contribution in [2.45, 2.75) is 58.2 Å². The van der Waals surface area contributed by atoms with Gasteiger partial charge in [0.15, 0.2) is 5.78 Å². The number of piperidine rings is 1. The number of hydrogen-bond donors (Lipinski definition) is 0. The quantitative estimate of drug-likeness (QED) is 0.668. The average Bonchev–Trinajstić information content (AvgIpc) is 2.95. The number of benzene rings is 2. The van der Waals surface area contributed by atoms with Crippen LogP contribution in [0.2, 0.25) is 0 Å². The largest absolute Gasteiger partial charge is 0.445 e. The van der Waals surface area contributed by atoms with Crippen LogP contribution in [0.1, 0.15) is 52.7 Å². The maximum atomic E-state index is 13.6. The van der Waals surface area contributed by atoms with E-state index in [1.54, 1.807) is 13.8 Å². The molecule has 29 heavy (non-hydrogen) atoms. The zero-order valence-corrected chi connectivity index (χ0v) is 16.9. The van der Waals surface area contributed by atoms with E-state index < -0.39 is 0 Å². The van der Waals surface area contributed by atoms with Crippen LogP contribution in [0.15, 0.2) is 42.5 Å². The molecule has 2 bridgehead atoms. The van der Waals surface area contributed by atoms with Crippen molar-refractivity contribution >= 4 is 11.9 Å². The summed E-state index contributed by atoms with van der Waals surface area (Å²) >= 11 is 0. The summed E-state index contributed by atoms with van der Waals surface area (Å²) in [5.41, 5.74) is 2.96. The maximum absolute atomic E-state index is 13.6. The van der Waals surface area contributed by atoms with Gasteiger partial charge >= 0.3 is 6.09 Å². The second-order valence-corrected chi connectivity index (χ2v) is 8.28. The molecule has 4 nitrogen and oxygen atoms in total. The normalized spacial score (nSPS) is 23.1. The minimum atomic E-state index is -0.312. The van der Waals surface area contributed by atoms with E-state index in [1.807, 2.05) is 35.2 Å². The molecule has 0 radical (unpaired) electrons. The Hall–Kier alpha value is -2.69. The second-order valence-electron chi connectivity index (χ2n) is 8.28. The maximum Gasteiger partial charge on any atom is 0.410 e. The standard InChI is InChI=1S/C24H26FNO3/c1-15-10-19(25)11-16(2)22(15)23(27)18-12-20-8-9-21(13-18)26(20)24(28)29-14-17-6-4-3-5-7-17/h3-7,10-11,18,20-21H,8-9,12-14H2,1-2H3. The highest BCUT2D eigenvalue weighted by molar-refractivity contribution is 6.00. The predicted octanol–water partition coefficient (Wildman–Crippen LogP) is 5.21. The minimum Gasteiger partial charge on any atom is -0.445 e. The molecular weight excluding hydrogens is 369 g/mol. The molecule has 152 valence electrons. The van der Waals surface area contributed by atoms with Crippen molar-refractivity contribution in [3.63, 3.8) is 0 Å². The number of ether oxygens (including phenoxy) is 1. The van der Waals surface area contributed by atoms with E-state index in [9.17, 15) is 14.0 Å². The first kappa shape index (κ1) is 19.6. The van der Waals surface area contributed by atoms with Gasteiger partial charge in [-0.15, -0.1) is 0 Å². The number of carbonyl (C=O) groups excluding carboxylic acids is 2. The van der Waals surface area contributed by atoms with E-state index in [4.69, 9.17) is 4.74 Å². The summed E-state index contributed by atoms with van der Waals surface area (Å²) in [5, 5.41) is 0. The van der Waals surface area contributed by atoms with E-state index in [1.165, 1.54) is 12.1 Å². The van der Waals surface area contributed by atoms with E-state index in [-0.39, 0.29) is 42.3 Å². The Labute approximate surface area is 170 Å². The molecule has 2 aliphatic heterocycles. The number of nitrogens with zero attached hydrogens (tertiary/aromatic N) is 1. The Morgan fingerprint density at radius 3 is 2.21 bits per heavy atom. The first-order valence-electron chi connectivity index (χ1n) is 10.2. The average molecular weight is 395 g/mol. The summed E-state index contributed by atoms with van der Waals surface area (Å²) in [6, 6.07) is 12.5. The van der Waals surface area contributed by atoms with Crippen LogP contribution in [-0.4, -0.2) is 28.9 Å². The van der Waals surface area contributed by atoms with Gasteiger partial charge in [-0.2, -0.15) is 0 Å². The molecule has 4 rings (SSSR count). The highest BCUT2D eigenvalue weighted by Gasteiger charge is 2.46. The number of amides is 1. The van der Waals surface area contributed by atoms with Crippen LogP contribution in [0.4, 0.5) is 9.18 Å². The van der Waals surface area contributed by atoms with Crippen LogP contribution in [0, 0.1) is 25.6 Å². The van der Waals surface area contributed by atoms with Crippen molar-refractivity contribution in [1.82, 2.24) is 4.90 Å². The first-order chi connectivity index (χ1) is 13.9. The molecule has 2 atom stereocenters. The van der Waals surface area contributed by atoms with Crippen LogP contribution in [0.3, 0.4) is 0 Å². The molecule has 0 aromatic heterocycles. The number of rotatable bonds is 4.